The maximum absolute atomic E-state index is 12.4. The Morgan fingerprint density at radius 3 is 2.50 bits per heavy atom. The number of carbonyl (C=O) groups excluding carboxylic acids is 1. The van der Waals surface area contributed by atoms with E-state index in [0.717, 1.165) is 44.6 Å². The van der Waals surface area contributed by atoms with Crippen molar-refractivity contribution in [3.05, 3.63) is 35.2 Å². The standard InChI is InChI=1S/C21H30N4O2S/c1-2-3-4-5-9-12-19(26)24-15-13-23(14-16-24)17-25-21(28)27-20(22-25)18-10-7-6-8-11-18/h6-8,10-11H,2-5,9,12-17H2,1H3. The van der Waals surface area contributed by atoms with Crippen molar-refractivity contribution in [2.24, 2.45) is 0 Å². The second-order valence-corrected chi connectivity index (χ2v) is 7.69. The van der Waals surface area contributed by atoms with Crippen molar-refractivity contribution in [2.45, 2.75) is 52.1 Å². The Morgan fingerprint density at radius 2 is 1.79 bits per heavy atom. The molecule has 2 heterocycles. The normalized spacial score (nSPS) is 15.1. The van der Waals surface area contributed by atoms with E-state index in [9.17, 15) is 4.79 Å². The summed E-state index contributed by atoms with van der Waals surface area (Å²) in [4.78, 5) is 17.0. The molecular weight excluding hydrogens is 372 g/mol. The van der Waals surface area contributed by atoms with Gasteiger partial charge in [-0.2, -0.15) is 0 Å². The van der Waals surface area contributed by atoms with Crippen molar-refractivity contribution < 1.29 is 9.21 Å². The molecule has 1 aliphatic rings. The Morgan fingerprint density at radius 1 is 1.07 bits per heavy atom. The van der Waals surface area contributed by atoms with Crippen LogP contribution in [0.4, 0.5) is 0 Å². The Kier molecular flexibility index (Phi) is 7.80. The average molecular weight is 403 g/mol. The van der Waals surface area contributed by atoms with E-state index in [1.165, 1.54) is 19.3 Å². The summed E-state index contributed by atoms with van der Waals surface area (Å²) in [7, 11) is 0. The van der Waals surface area contributed by atoms with Crippen LogP contribution in [0.25, 0.3) is 11.5 Å². The number of piperazine rings is 1. The molecule has 7 heteroatoms. The highest BCUT2D eigenvalue weighted by atomic mass is 32.1. The molecule has 1 amide bonds. The van der Waals surface area contributed by atoms with E-state index in [4.69, 9.17) is 16.6 Å². The van der Waals surface area contributed by atoms with Gasteiger partial charge in [0.15, 0.2) is 0 Å². The molecule has 1 aliphatic heterocycles. The van der Waals surface area contributed by atoms with E-state index in [1.807, 2.05) is 35.2 Å². The summed E-state index contributed by atoms with van der Waals surface area (Å²) in [5.74, 6) is 0.836. The van der Waals surface area contributed by atoms with Gasteiger partial charge in [0.05, 0.1) is 6.67 Å². The zero-order chi connectivity index (χ0) is 19.8. The third-order valence-corrected chi connectivity index (χ3v) is 5.47. The highest BCUT2D eigenvalue weighted by molar-refractivity contribution is 7.71. The van der Waals surface area contributed by atoms with Crippen LogP contribution in [0.3, 0.4) is 0 Å². The maximum atomic E-state index is 12.4. The van der Waals surface area contributed by atoms with E-state index < -0.39 is 0 Å². The highest BCUT2D eigenvalue weighted by Gasteiger charge is 2.21. The first-order valence-electron chi connectivity index (χ1n) is 10.3. The van der Waals surface area contributed by atoms with Crippen molar-refractivity contribution in [3.8, 4) is 11.5 Å². The third kappa shape index (κ3) is 5.75. The smallest absolute Gasteiger partial charge is 0.288 e. The summed E-state index contributed by atoms with van der Waals surface area (Å²) in [5.41, 5.74) is 0.918. The Labute approximate surface area is 172 Å². The summed E-state index contributed by atoms with van der Waals surface area (Å²) in [5, 5.41) is 4.52. The minimum Gasteiger partial charge on any atom is -0.409 e. The number of carbonyl (C=O) groups is 1. The van der Waals surface area contributed by atoms with E-state index >= 15 is 0 Å². The molecule has 0 aliphatic carbocycles. The number of hydrogen-bond acceptors (Lipinski definition) is 5. The van der Waals surface area contributed by atoms with Crippen molar-refractivity contribution in [3.63, 3.8) is 0 Å². The van der Waals surface area contributed by atoms with Gasteiger partial charge in [0.2, 0.25) is 11.8 Å². The average Bonchev–Trinajstić information content (AvgIpc) is 3.09. The lowest BCUT2D eigenvalue weighted by Crippen LogP contribution is -2.49. The predicted molar refractivity (Wildman–Crippen MR) is 112 cm³/mol. The monoisotopic (exact) mass is 402 g/mol. The summed E-state index contributed by atoms with van der Waals surface area (Å²) < 4.78 is 7.37. The molecule has 0 bridgehead atoms. The molecular formula is C21H30N4O2S. The summed E-state index contributed by atoms with van der Waals surface area (Å²) >= 11 is 5.33. The summed E-state index contributed by atoms with van der Waals surface area (Å²) in [6.07, 6.45) is 6.59. The van der Waals surface area contributed by atoms with Gasteiger partial charge < -0.3 is 9.32 Å². The lowest BCUT2D eigenvalue weighted by molar-refractivity contribution is -0.133. The Balaban J connectivity index is 1.45. The number of aromatic nitrogens is 2. The number of unbranched alkanes of at least 4 members (excludes halogenated alkanes) is 4. The molecule has 0 saturated carbocycles. The van der Waals surface area contributed by atoms with Gasteiger partial charge in [-0.05, 0) is 30.8 Å². The molecule has 152 valence electrons. The van der Waals surface area contributed by atoms with Crippen LogP contribution in [0.5, 0.6) is 0 Å². The first kappa shape index (κ1) is 20.7. The fourth-order valence-electron chi connectivity index (χ4n) is 3.46. The minimum absolute atomic E-state index is 0.292. The first-order chi connectivity index (χ1) is 13.7. The van der Waals surface area contributed by atoms with Crippen molar-refractivity contribution >= 4 is 18.1 Å². The Bertz CT molecular complexity index is 794. The molecule has 0 atom stereocenters. The fraction of sp³-hybridized carbons (Fsp3) is 0.571. The lowest BCUT2D eigenvalue weighted by Gasteiger charge is -2.34. The van der Waals surface area contributed by atoms with Gasteiger partial charge in [-0.15, -0.1) is 5.10 Å². The zero-order valence-electron chi connectivity index (χ0n) is 16.7. The van der Waals surface area contributed by atoms with Crippen LogP contribution in [-0.2, 0) is 11.5 Å². The molecule has 0 spiro atoms. The largest absolute Gasteiger partial charge is 0.409 e. The van der Waals surface area contributed by atoms with E-state index in [1.54, 1.807) is 4.68 Å². The van der Waals surface area contributed by atoms with Crippen LogP contribution in [0, 0.1) is 4.84 Å². The number of benzene rings is 1. The quantitative estimate of drug-likeness (QED) is 0.461. The van der Waals surface area contributed by atoms with Crippen LogP contribution >= 0.6 is 12.2 Å². The molecule has 6 nitrogen and oxygen atoms in total. The first-order valence-corrected chi connectivity index (χ1v) is 10.7. The number of hydrogen-bond donors (Lipinski definition) is 0. The van der Waals surface area contributed by atoms with Crippen LogP contribution in [0.2, 0.25) is 0 Å². The molecule has 0 radical (unpaired) electrons. The molecule has 1 aromatic carbocycles. The topological polar surface area (TPSA) is 54.5 Å². The fourth-order valence-corrected chi connectivity index (χ4v) is 3.64. The van der Waals surface area contributed by atoms with Crippen LogP contribution in [0.15, 0.2) is 34.7 Å². The SMILES string of the molecule is CCCCCCCC(=O)N1CCN(Cn2nc(-c3ccccc3)oc2=S)CC1. The summed E-state index contributed by atoms with van der Waals surface area (Å²) in [6, 6.07) is 9.77. The minimum atomic E-state index is 0.292. The van der Waals surface area contributed by atoms with Crippen LogP contribution < -0.4 is 0 Å². The molecule has 1 saturated heterocycles. The van der Waals surface area contributed by atoms with E-state index in [2.05, 4.69) is 16.9 Å². The second kappa shape index (κ2) is 10.5. The number of amides is 1. The summed E-state index contributed by atoms with van der Waals surface area (Å²) in [6.45, 7) is 6.00. The van der Waals surface area contributed by atoms with Gasteiger partial charge in [0, 0.05) is 38.2 Å². The molecule has 1 aromatic heterocycles. The van der Waals surface area contributed by atoms with Gasteiger partial charge in [0.1, 0.15) is 0 Å². The molecule has 0 unspecified atom stereocenters. The van der Waals surface area contributed by atoms with E-state index in [-0.39, 0.29) is 0 Å². The Hall–Kier alpha value is -1.99. The van der Waals surface area contributed by atoms with Gasteiger partial charge in [-0.25, -0.2) is 4.68 Å². The second-order valence-electron chi connectivity index (χ2n) is 7.34. The number of rotatable bonds is 9. The van der Waals surface area contributed by atoms with Gasteiger partial charge in [-0.3, -0.25) is 9.69 Å². The van der Waals surface area contributed by atoms with Gasteiger partial charge in [-0.1, -0.05) is 50.8 Å². The van der Waals surface area contributed by atoms with Crippen molar-refractivity contribution in [2.75, 3.05) is 26.2 Å². The van der Waals surface area contributed by atoms with E-state index in [0.29, 0.717) is 29.7 Å². The predicted octanol–water partition coefficient (Wildman–Crippen LogP) is 4.33. The molecule has 2 aromatic rings. The van der Waals surface area contributed by atoms with Gasteiger partial charge in [0.25, 0.3) is 4.84 Å². The third-order valence-electron chi connectivity index (χ3n) is 5.18. The van der Waals surface area contributed by atoms with Crippen molar-refractivity contribution in [1.29, 1.82) is 0 Å². The molecule has 1 fully saturated rings. The maximum Gasteiger partial charge on any atom is 0.288 e. The highest BCUT2D eigenvalue weighted by Crippen LogP contribution is 2.17. The molecule has 0 N–H and O–H groups in total. The number of nitrogens with zero attached hydrogens (tertiary/aromatic N) is 4. The lowest BCUT2D eigenvalue weighted by atomic mass is 10.1. The van der Waals surface area contributed by atoms with Gasteiger partial charge >= 0.3 is 0 Å². The zero-order valence-corrected chi connectivity index (χ0v) is 17.5. The van der Waals surface area contributed by atoms with Crippen LogP contribution in [-0.4, -0.2) is 51.7 Å². The van der Waals surface area contributed by atoms with Crippen molar-refractivity contribution in [1.82, 2.24) is 19.6 Å². The molecule has 28 heavy (non-hydrogen) atoms. The molecule has 3 rings (SSSR count). The van der Waals surface area contributed by atoms with Crippen LogP contribution in [0.1, 0.15) is 45.4 Å².